The number of piperazine rings is 1. The van der Waals surface area contributed by atoms with Crippen LogP contribution in [0.1, 0.15) is 95.8 Å². The van der Waals surface area contributed by atoms with Crippen LogP contribution < -0.4 is 36.8 Å². The summed E-state index contributed by atoms with van der Waals surface area (Å²) in [5, 5.41) is 37.5. The molecule has 2 aromatic heterocycles. The molecule has 396 valence electrons. The molecule has 4 amide bonds. The average molecular weight is 1050 g/mol. The molecular formula is C53H62F2N12O7S. The van der Waals surface area contributed by atoms with Crippen LogP contribution >= 0.6 is 11.3 Å². The highest BCUT2D eigenvalue weighted by atomic mass is 32.1. The van der Waals surface area contributed by atoms with Gasteiger partial charge < -0.3 is 36.2 Å². The van der Waals surface area contributed by atoms with Gasteiger partial charge in [-0.1, -0.05) is 31.7 Å². The van der Waals surface area contributed by atoms with Crippen molar-refractivity contribution in [2.75, 3.05) is 90.5 Å². The van der Waals surface area contributed by atoms with Crippen molar-refractivity contribution in [3.8, 4) is 0 Å². The molecule has 2 aliphatic heterocycles. The van der Waals surface area contributed by atoms with Crippen molar-refractivity contribution in [3.05, 3.63) is 122 Å². The molecule has 2 fully saturated rings. The normalized spacial score (nSPS) is 14.1. The number of carbonyl (C=O) groups excluding carboxylic acids is 4. The van der Waals surface area contributed by atoms with Crippen LogP contribution in [0.2, 0.25) is 0 Å². The van der Waals surface area contributed by atoms with Crippen LogP contribution in [-0.2, 0) is 20.7 Å². The summed E-state index contributed by atoms with van der Waals surface area (Å²) in [7, 11) is 0. The summed E-state index contributed by atoms with van der Waals surface area (Å²) in [6.07, 6.45) is 7.81. The second-order valence-electron chi connectivity index (χ2n) is 18.8. The number of anilines is 6. The number of H-pyrrole nitrogens is 1. The predicted molar refractivity (Wildman–Crippen MR) is 287 cm³/mol. The largest absolute Gasteiger partial charge is 0.385 e. The zero-order chi connectivity index (χ0) is 52.8. The molecule has 2 aliphatic rings. The Bertz CT molecular complexity index is 2990. The third kappa shape index (κ3) is 15.0. The number of amides is 4. The van der Waals surface area contributed by atoms with Gasteiger partial charge >= 0.3 is 5.00 Å². The molecule has 0 saturated carbocycles. The number of nitro groups is 1. The Labute approximate surface area is 436 Å². The second-order valence-corrected chi connectivity index (χ2v) is 19.8. The molecule has 8 rings (SSSR count). The highest BCUT2D eigenvalue weighted by Gasteiger charge is 2.25. The van der Waals surface area contributed by atoms with Gasteiger partial charge in [-0.15, -0.1) is 0 Å². The third-order valence-electron chi connectivity index (χ3n) is 13.1. The minimum Gasteiger partial charge on any atom is -0.385 e. The Balaban J connectivity index is 0.740. The number of hydrogen-bond donors (Lipinski definition) is 7. The number of fused-ring (bicyclic) bond motifs is 1. The Morgan fingerprint density at radius 2 is 1.49 bits per heavy atom. The standard InChI is InChI=1S/C53H62F2N12O7S/c1-33-52(67(72)73)75-53(58-33)62-51(71)42-12-10-40(30-46(42)59-34(2)68)56-17-7-5-3-4-6-8-18-57-48(69)32-65-19-21-66(22-20-65)41-11-13-43(47(31-41)60-39-15-23-74-24-16-39)50(70)61-49-44-28-35(9-14-45(44)63-64-49)25-36-26-37(54)29-38(55)27-36/h9-14,26-31,39,56,60H,3-8,15-25,32H2,1-2H3,(H,57,69)(H,59,68)(H,58,62,71)(H2,61,63,64,70). The number of carbonyl (C=O) groups is 4. The number of unbranched alkanes of at least 4 members (excludes halogenated alkanes) is 5. The molecule has 6 aromatic rings. The second kappa shape index (κ2) is 25.6. The number of hydrogen-bond acceptors (Lipinski definition) is 14. The Hall–Kier alpha value is -7.56. The van der Waals surface area contributed by atoms with Crippen LogP contribution in [0.4, 0.5) is 47.5 Å². The monoisotopic (exact) mass is 1050 g/mol. The van der Waals surface area contributed by atoms with Crippen LogP contribution in [-0.4, -0.2) is 114 Å². The van der Waals surface area contributed by atoms with E-state index in [1.165, 1.54) is 26.0 Å². The van der Waals surface area contributed by atoms with E-state index in [4.69, 9.17) is 4.74 Å². The van der Waals surface area contributed by atoms with Gasteiger partial charge in [0, 0.05) is 94.0 Å². The van der Waals surface area contributed by atoms with Crippen molar-refractivity contribution in [1.82, 2.24) is 25.4 Å². The molecule has 19 nitrogen and oxygen atoms in total. The van der Waals surface area contributed by atoms with Crippen molar-refractivity contribution in [3.63, 3.8) is 0 Å². The highest BCUT2D eigenvalue weighted by molar-refractivity contribution is 7.19. The first-order valence-electron chi connectivity index (χ1n) is 25.3. The summed E-state index contributed by atoms with van der Waals surface area (Å²) in [5.41, 5.74) is 5.58. The Morgan fingerprint density at radius 1 is 0.800 bits per heavy atom. The van der Waals surface area contributed by atoms with Gasteiger partial charge in [0.25, 0.3) is 11.8 Å². The zero-order valence-electron chi connectivity index (χ0n) is 42.0. The number of aromatic nitrogens is 3. The topological polar surface area (TPSA) is 241 Å². The van der Waals surface area contributed by atoms with E-state index in [1.54, 1.807) is 18.2 Å². The van der Waals surface area contributed by atoms with Gasteiger partial charge in [0.15, 0.2) is 10.9 Å². The number of nitrogens with one attached hydrogen (secondary N) is 7. The lowest BCUT2D eigenvalue weighted by atomic mass is 10.0. The van der Waals surface area contributed by atoms with E-state index in [0.717, 1.165) is 85.7 Å². The van der Waals surface area contributed by atoms with Gasteiger partial charge in [-0.2, -0.15) is 5.10 Å². The minimum absolute atomic E-state index is 0.00642. The number of aromatic amines is 1. The van der Waals surface area contributed by atoms with E-state index >= 15 is 0 Å². The number of nitrogens with zero attached hydrogens (tertiary/aromatic N) is 5. The first kappa shape index (κ1) is 53.7. The summed E-state index contributed by atoms with van der Waals surface area (Å²) >= 11 is 0.766. The van der Waals surface area contributed by atoms with E-state index in [-0.39, 0.29) is 45.2 Å². The van der Waals surface area contributed by atoms with Crippen LogP contribution in [0.25, 0.3) is 10.9 Å². The molecule has 0 spiro atoms. The third-order valence-corrected chi connectivity index (χ3v) is 14.1. The summed E-state index contributed by atoms with van der Waals surface area (Å²) < 4.78 is 33.4. The molecule has 4 heterocycles. The number of thiazole rings is 1. The van der Waals surface area contributed by atoms with E-state index in [2.05, 4.69) is 56.9 Å². The van der Waals surface area contributed by atoms with Crippen molar-refractivity contribution in [2.24, 2.45) is 0 Å². The molecule has 2 saturated heterocycles. The van der Waals surface area contributed by atoms with Gasteiger partial charge in [-0.25, -0.2) is 13.8 Å². The quantitative estimate of drug-likeness (QED) is 0.0181. The summed E-state index contributed by atoms with van der Waals surface area (Å²) in [4.78, 5) is 71.1. The molecule has 0 bridgehead atoms. The molecule has 0 aliphatic carbocycles. The lowest BCUT2D eigenvalue weighted by molar-refractivity contribution is -0.380. The van der Waals surface area contributed by atoms with Gasteiger partial charge in [0.05, 0.1) is 33.8 Å². The number of aryl methyl sites for hydroxylation is 1. The van der Waals surface area contributed by atoms with E-state index in [0.29, 0.717) is 105 Å². The lowest BCUT2D eigenvalue weighted by Crippen LogP contribution is -2.49. The predicted octanol–water partition coefficient (Wildman–Crippen LogP) is 8.85. The Kier molecular flexibility index (Phi) is 18.3. The van der Waals surface area contributed by atoms with Crippen molar-refractivity contribution < 1.29 is 37.6 Å². The average Bonchev–Trinajstić information content (AvgIpc) is 3.96. The van der Waals surface area contributed by atoms with E-state index in [9.17, 15) is 38.1 Å². The molecule has 0 radical (unpaired) electrons. The lowest BCUT2D eigenvalue weighted by Gasteiger charge is -2.36. The fourth-order valence-electron chi connectivity index (χ4n) is 9.26. The van der Waals surface area contributed by atoms with Crippen LogP contribution in [0.5, 0.6) is 0 Å². The molecule has 0 unspecified atom stereocenters. The molecular weight excluding hydrogens is 987 g/mol. The van der Waals surface area contributed by atoms with Crippen molar-refractivity contribution >= 4 is 84.6 Å². The minimum atomic E-state index is -0.640. The zero-order valence-corrected chi connectivity index (χ0v) is 42.8. The fourth-order valence-corrected chi connectivity index (χ4v) is 10.0. The number of ether oxygens (including phenoxy) is 1. The SMILES string of the molecule is CC(=O)Nc1cc(NCCCCCCCCNC(=O)CN2CCN(c3ccc(C(=O)Nc4n[nH]c5ccc(Cc6cc(F)cc(F)c6)cc45)c(NC4CCOCC4)c3)CC2)ccc1C(=O)Nc1nc(C)c([N+](=O)[O-])s1. The molecule has 4 aromatic carbocycles. The molecule has 7 N–H and O–H groups in total. The first-order valence-corrected chi connectivity index (χ1v) is 26.1. The number of rotatable bonds is 23. The first-order chi connectivity index (χ1) is 36.2. The Morgan fingerprint density at radius 3 is 2.21 bits per heavy atom. The summed E-state index contributed by atoms with van der Waals surface area (Å²) in [6.45, 7) is 8.58. The fraction of sp³-hybridized carbons (Fsp3) is 0.396. The number of halogens is 2. The van der Waals surface area contributed by atoms with E-state index < -0.39 is 22.5 Å². The maximum atomic E-state index is 14.0. The summed E-state index contributed by atoms with van der Waals surface area (Å²) in [5.74, 6) is -2.16. The van der Waals surface area contributed by atoms with Gasteiger partial charge in [0.1, 0.15) is 17.3 Å². The van der Waals surface area contributed by atoms with Gasteiger partial charge in [0.2, 0.25) is 11.8 Å². The van der Waals surface area contributed by atoms with Gasteiger partial charge in [-0.05, 0) is 122 Å². The van der Waals surface area contributed by atoms with Gasteiger partial charge in [-0.3, -0.25) is 44.6 Å². The van der Waals surface area contributed by atoms with Crippen molar-refractivity contribution in [1.29, 1.82) is 0 Å². The molecule has 75 heavy (non-hydrogen) atoms. The maximum Gasteiger partial charge on any atom is 0.348 e. The van der Waals surface area contributed by atoms with Crippen LogP contribution in [0.3, 0.4) is 0 Å². The molecule has 0 atom stereocenters. The highest BCUT2D eigenvalue weighted by Crippen LogP contribution is 2.32. The molecule has 22 heteroatoms. The van der Waals surface area contributed by atoms with Crippen LogP contribution in [0.15, 0.2) is 72.8 Å². The summed E-state index contributed by atoms with van der Waals surface area (Å²) in [6, 6.07) is 19.9. The van der Waals surface area contributed by atoms with Crippen LogP contribution in [0, 0.1) is 28.7 Å². The smallest absolute Gasteiger partial charge is 0.348 e. The van der Waals surface area contributed by atoms with Crippen molar-refractivity contribution in [2.45, 2.75) is 77.7 Å². The number of benzene rings is 4. The van der Waals surface area contributed by atoms with E-state index in [1.807, 2.05) is 36.4 Å². The maximum absolute atomic E-state index is 14.0.